The smallest absolute Gasteiger partial charge is 0.312 e. The molecule has 0 aliphatic rings. The topological polar surface area (TPSA) is 80.9 Å². The highest BCUT2D eigenvalue weighted by molar-refractivity contribution is 5.88. The molecule has 3 rings (SSSR count). The number of carbonyl (C=O) groups is 1. The van der Waals surface area contributed by atoms with Crippen LogP contribution in [0.4, 0.5) is 0 Å². The van der Waals surface area contributed by atoms with Gasteiger partial charge in [-0.3, -0.25) is 4.79 Å². The molecule has 226 valence electrons. The van der Waals surface area contributed by atoms with E-state index in [1.807, 2.05) is 37.3 Å². The predicted octanol–water partition coefficient (Wildman–Crippen LogP) is 7.54. The van der Waals surface area contributed by atoms with Crippen LogP contribution >= 0.6 is 0 Å². The van der Waals surface area contributed by atoms with Crippen molar-refractivity contribution in [2.45, 2.75) is 92.8 Å². The highest BCUT2D eigenvalue weighted by Crippen LogP contribution is 2.47. The number of aromatic nitrogens is 1. The molecule has 0 aliphatic heterocycles. The van der Waals surface area contributed by atoms with Crippen molar-refractivity contribution in [3.05, 3.63) is 54.6 Å². The Morgan fingerprint density at radius 3 is 2.05 bits per heavy atom. The molecular formula is C35H51NO5. The number of fused-ring (bicyclic) bond motifs is 1. The second-order valence-corrected chi connectivity index (χ2v) is 13.9. The largest absolute Gasteiger partial charge is 0.494 e. The molecule has 0 aliphatic carbocycles. The molecule has 41 heavy (non-hydrogen) atoms. The summed E-state index contributed by atoms with van der Waals surface area (Å²) in [4.78, 5) is 13.1. The Kier molecular flexibility index (Phi) is 10.7. The van der Waals surface area contributed by atoms with Crippen molar-refractivity contribution in [1.82, 2.24) is 4.57 Å². The van der Waals surface area contributed by atoms with Crippen LogP contribution in [0.15, 0.2) is 54.6 Å². The minimum Gasteiger partial charge on any atom is -0.494 e. The number of esters is 1. The minimum atomic E-state index is -0.867. The number of carbonyl (C=O) groups excluding carboxylic acids is 1. The first kappa shape index (κ1) is 32.7. The molecule has 0 fully saturated rings. The van der Waals surface area contributed by atoms with Gasteiger partial charge in [0, 0.05) is 24.2 Å². The van der Waals surface area contributed by atoms with E-state index in [4.69, 9.17) is 9.47 Å². The van der Waals surface area contributed by atoms with Gasteiger partial charge in [0.15, 0.2) is 0 Å². The second-order valence-electron chi connectivity index (χ2n) is 13.9. The number of nitrogens with zero attached hydrogens (tertiary/aromatic N) is 1. The third kappa shape index (κ3) is 8.59. The molecule has 0 saturated carbocycles. The Morgan fingerprint density at radius 1 is 0.854 bits per heavy atom. The van der Waals surface area contributed by atoms with E-state index in [1.165, 1.54) is 5.56 Å². The van der Waals surface area contributed by atoms with Crippen LogP contribution in [-0.4, -0.2) is 46.2 Å². The molecule has 0 amide bonds. The van der Waals surface area contributed by atoms with Crippen LogP contribution in [0.25, 0.3) is 22.2 Å². The van der Waals surface area contributed by atoms with Gasteiger partial charge in [0.1, 0.15) is 5.75 Å². The SMILES string of the molecule is Cn1c(-c2ccccc2)cc2ccc(OCCCC(O)C(O)CCCOC(=O)C(C)(CC(C)(C)C)C(C)(C)C)cc21. The monoisotopic (exact) mass is 565 g/mol. The summed E-state index contributed by atoms with van der Waals surface area (Å²) >= 11 is 0. The number of ether oxygens (including phenoxy) is 2. The van der Waals surface area contributed by atoms with Crippen molar-refractivity contribution in [1.29, 1.82) is 0 Å². The van der Waals surface area contributed by atoms with Crippen LogP contribution < -0.4 is 4.74 Å². The number of hydrogen-bond acceptors (Lipinski definition) is 5. The Bertz CT molecular complexity index is 1270. The maximum atomic E-state index is 13.1. The minimum absolute atomic E-state index is 0.00887. The van der Waals surface area contributed by atoms with Gasteiger partial charge in [0.25, 0.3) is 0 Å². The van der Waals surface area contributed by atoms with Crippen LogP contribution in [-0.2, 0) is 16.6 Å². The Morgan fingerprint density at radius 2 is 1.46 bits per heavy atom. The van der Waals surface area contributed by atoms with Crippen LogP contribution in [0.5, 0.6) is 5.75 Å². The molecule has 6 heteroatoms. The summed E-state index contributed by atoms with van der Waals surface area (Å²) in [6.07, 6.45) is 0.919. The van der Waals surface area contributed by atoms with Crippen molar-refractivity contribution in [2.24, 2.45) is 23.3 Å². The lowest BCUT2D eigenvalue weighted by molar-refractivity contribution is -0.165. The number of aliphatic hydroxyl groups is 2. The summed E-state index contributed by atoms with van der Waals surface area (Å²) in [7, 11) is 2.06. The fraction of sp³-hybridized carbons (Fsp3) is 0.571. The van der Waals surface area contributed by atoms with Gasteiger partial charge in [0.05, 0.1) is 36.4 Å². The van der Waals surface area contributed by atoms with Crippen LogP contribution in [0, 0.1) is 16.2 Å². The lowest BCUT2D eigenvalue weighted by atomic mass is 9.61. The van der Waals surface area contributed by atoms with Crippen molar-refractivity contribution in [2.75, 3.05) is 13.2 Å². The first-order valence-electron chi connectivity index (χ1n) is 14.9. The van der Waals surface area contributed by atoms with Crippen LogP contribution in [0.1, 0.15) is 80.6 Å². The van der Waals surface area contributed by atoms with Crippen LogP contribution in [0.2, 0.25) is 0 Å². The molecule has 1 heterocycles. The van der Waals surface area contributed by atoms with E-state index in [9.17, 15) is 15.0 Å². The lowest BCUT2D eigenvalue weighted by Gasteiger charge is -2.43. The first-order chi connectivity index (χ1) is 19.1. The maximum Gasteiger partial charge on any atom is 0.312 e. The third-order valence-corrected chi connectivity index (χ3v) is 8.31. The Balaban J connectivity index is 1.41. The van der Waals surface area contributed by atoms with E-state index in [2.05, 4.69) is 77.4 Å². The Labute approximate surface area is 246 Å². The highest BCUT2D eigenvalue weighted by atomic mass is 16.5. The number of hydrogen-bond donors (Lipinski definition) is 2. The average Bonchev–Trinajstić information content (AvgIpc) is 3.23. The summed E-state index contributed by atoms with van der Waals surface area (Å²) in [5.41, 5.74) is 2.55. The van der Waals surface area contributed by atoms with Gasteiger partial charge in [0.2, 0.25) is 0 Å². The molecule has 2 N–H and O–H groups in total. The fourth-order valence-electron chi connectivity index (χ4n) is 5.47. The van der Waals surface area contributed by atoms with Crippen molar-refractivity contribution < 1.29 is 24.5 Å². The normalized spacial score (nSPS) is 15.4. The summed E-state index contributed by atoms with van der Waals surface area (Å²) in [5.74, 6) is 0.584. The zero-order chi connectivity index (χ0) is 30.4. The van der Waals surface area contributed by atoms with Crippen molar-refractivity contribution >= 4 is 16.9 Å². The van der Waals surface area contributed by atoms with Gasteiger partial charge in [-0.2, -0.15) is 0 Å². The van der Waals surface area contributed by atoms with E-state index < -0.39 is 17.6 Å². The molecule has 6 nitrogen and oxygen atoms in total. The number of aryl methyl sites for hydroxylation is 1. The molecule has 0 spiro atoms. The lowest BCUT2D eigenvalue weighted by Crippen LogP contribution is -2.44. The van der Waals surface area contributed by atoms with E-state index in [1.54, 1.807) is 0 Å². The first-order valence-corrected chi connectivity index (χ1v) is 14.9. The molecule has 3 atom stereocenters. The highest BCUT2D eigenvalue weighted by Gasteiger charge is 2.47. The van der Waals surface area contributed by atoms with E-state index in [-0.39, 0.29) is 23.4 Å². The number of aliphatic hydroxyl groups excluding tert-OH is 2. The molecule has 0 radical (unpaired) electrons. The van der Waals surface area contributed by atoms with Gasteiger partial charge in [-0.25, -0.2) is 0 Å². The van der Waals surface area contributed by atoms with Gasteiger partial charge < -0.3 is 24.3 Å². The van der Waals surface area contributed by atoms with Crippen LogP contribution in [0.3, 0.4) is 0 Å². The summed E-state index contributed by atoms with van der Waals surface area (Å²) < 4.78 is 13.8. The third-order valence-electron chi connectivity index (χ3n) is 8.31. The van der Waals surface area contributed by atoms with Gasteiger partial charge in [-0.15, -0.1) is 0 Å². The standard InChI is InChI=1S/C35H51NO5/c1-33(2,3)24-35(7,34(4,5)6)32(39)41-21-13-17-31(38)30(37)16-12-20-40-27-19-18-26-22-28(36(8)29(26)23-27)25-14-10-9-11-15-25/h9-11,14-15,18-19,22-23,30-31,37-38H,12-13,16-17,20-21,24H2,1-8H3. The zero-order valence-electron chi connectivity index (χ0n) is 26.4. The second kappa shape index (κ2) is 13.4. The quantitative estimate of drug-likeness (QED) is 0.165. The predicted molar refractivity (Wildman–Crippen MR) is 167 cm³/mol. The molecule has 1 aromatic heterocycles. The molecule has 2 aromatic carbocycles. The van der Waals surface area contributed by atoms with Crippen molar-refractivity contribution in [3.8, 4) is 17.0 Å². The van der Waals surface area contributed by atoms with E-state index in [0.29, 0.717) is 32.3 Å². The van der Waals surface area contributed by atoms with E-state index in [0.717, 1.165) is 28.8 Å². The molecule has 3 aromatic rings. The number of rotatable bonds is 13. The van der Waals surface area contributed by atoms with Gasteiger partial charge >= 0.3 is 5.97 Å². The molecule has 3 unspecified atom stereocenters. The molecule has 0 saturated heterocycles. The van der Waals surface area contributed by atoms with Crippen molar-refractivity contribution in [3.63, 3.8) is 0 Å². The Hall–Kier alpha value is -2.83. The van der Waals surface area contributed by atoms with Gasteiger partial charge in [-0.05, 0) is 73.6 Å². The summed E-state index contributed by atoms with van der Waals surface area (Å²) in [6.45, 7) is 15.3. The summed E-state index contributed by atoms with van der Waals surface area (Å²) in [5, 5.41) is 22.1. The van der Waals surface area contributed by atoms with E-state index >= 15 is 0 Å². The zero-order valence-corrected chi connectivity index (χ0v) is 26.4. The molecule has 0 bridgehead atoms. The molecular weight excluding hydrogens is 514 g/mol. The number of benzene rings is 2. The maximum absolute atomic E-state index is 13.1. The van der Waals surface area contributed by atoms with Gasteiger partial charge in [-0.1, -0.05) is 71.9 Å². The fourth-order valence-corrected chi connectivity index (χ4v) is 5.47. The average molecular weight is 566 g/mol. The summed E-state index contributed by atoms with van der Waals surface area (Å²) in [6, 6.07) is 18.6.